The Morgan fingerprint density at radius 1 is 1.09 bits per heavy atom. The van der Waals surface area contributed by atoms with Crippen molar-refractivity contribution in [2.24, 2.45) is 0 Å². The van der Waals surface area contributed by atoms with Crippen LogP contribution in [0.5, 0.6) is 5.75 Å². The van der Waals surface area contributed by atoms with Crippen molar-refractivity contribution in [3.05, 3.63) is 24.3 Å². The number of anilines is 1. The summed E-state index contributed by atoms with van der Waals surface area (Å²) in [4.78, 5) is 41.4. The second-order valence-corrected chi connectivity index (χ2v) is 9.42. The number of ether oxygens (including phenoxy) is 2. The molecule has 0 bridgehead atoms. The Morgan fingerprint density at radius 2 is 1.85 bits per heavy atom. The molecule has 0 aromatic heterocycles. The van der Waals surface area contributed by atoms with Crippen LogP contribution in [0.25, 0.3) is 0 Å². The fourth-order valence-corrected chi connectivity index (χ4v) is 4.83. The number of amides is 3. The lowest BCUT2D eigenvalue weighted by atomic mass is 10.2. The fourth-order valence-electron chi connectivity index (χ4n) is 4.83. The van der Waals surface area contributed by atoms with Crippen LogP contribution in [-0.2, 0) is 19.1 Å². The minimum absolute atomic E-state index is 0.0472. The Balaban J connectivity index is 1.21. The highest BCUT2D eigenvalue weighted by molar-refractivity contribution is 6.39. The summed E-state index contributed by atoms with van der Waals surface area (Å²) in [7, 11) is 0. The van der Waals surface area contributed by atoms with Crippen molar-refractivity contribution in [1.82, 2.24) is 15.1 Å². The van der Waals surface area contributed by atoms with Gasteiger partial charge in [-0.2, -0.15) is 0 Å². The van der Waals surface area contributed by atoms with Crippen molar-refractivity contribution in [3.8, 4) is 5.75 Å². The molecule has 3 aliphatic rings. The average molecular weight is 473 g/mol. The van der Waals surface area contributed by atoms with E-state index in [4.69, 9.17) is 9.47 Å². The highest BCUT2D eigenvalue weighted by atomic mass is 16.5. The summed E-state index contributed by atoms with van der Waals surface area (Å²) >= 11 is 0. The van der Waals surface area contributed by atoms with Crippen LogP contribution in [0.4, 0.5) is 5.69 Å². The van der Waals surface area contributed by atoms with Crippen molar-refractivity contribution in [2.45, 2.75) is 63.6 Å². The van der Waals surface area contributed by atoms with Gasteiger partial charge in [0.05, 0.1) is 12.1 Å². The largest absolute Gasteiger partial charge is 0.491 e. The minimum atomic E-state index is -0.670. The zero-order valence-electron chi connectivity index (χ0n) is 20.0. The lowest BCUT2D eigenvalue weighted by Gasteiger charge is -2.37. The van der Waals surface area contributed by atoms with Crippen LogP contribution in [0.1, 0.15) is 45.4 Å². The summed E-state index contributed by atoms with van der Waals surface area (Å²) in [6.07, 6.45) is 6.61. The van der Waals surface area contributed by atoms with E-state index in [9.17, 15) is 14.4 Å². The van der Waals surface area contributed by atoms with Gasteiger partial charge in [0.15, 0.2) is 0 Å². The first kappa shape index (κ1) is 24.5. The molecule has 1 aliphatic carbocycles. The topological polar surface area (TPSA) is 100 Å². The number of nitrogens with one attached hydrogen (secondary N) is 2. The summed E-state index contributed by atoms with van der Waals surface area (Å²) in [5.74, 6) is -0.560. The SMILES string of the molecule is CC(C(=O)NC1CCCC1)N1CCN(C(=O)C(=O)Nc2cccc(OCC3CCCO3)c2)CC1. The molecule has 4 rings (SSSR count). The molecule has 3 fully saturated rings. The third-order valence-electron chi connectivity index (χ3n) is 6.98. The number of piperazine rings is 1. The van der Waals surface area contributed by atoms with E-state index >= 15 is 0 Å². The molecule has 0 radical (unpaired) electrons. The van der Waals surface area contributed by atoms with Crippen LogP contribution >= 0.6 is 0 Å². The van der Waals surface area contributed by atoms with Crippen molar-refractivity contribution in [1.29, 1.82) is 0 Å². The molecule has 1 aromatic carbocycles. The number of rotatable bonds is 7. The normalized spacial score (nSPS) is 22.4. The second kappa shape index (κ2) is 11.7. The molecule has 2 atom stereocenters. The Kier molecular flexibility index (Phi) is 8.39. The van der Waals surface area contributed by atoms with Crippen molar-refractivity contribution in [2.75, 3.05) is 44.7 Å². The smallest absolute Gasteiger partial charge is 0.313 e. The first-order valence-corrected chi connectivity index (χ1v) is 12.5. The summed E-state index contributed by atoms with van der Waals surface area (Å²) in [6, 6.07) is 7.08. The zero-order chi connectivity index (χ0) is 23.9. The van der Waals surface area contributed by atoms with Gasteiger partial charge >= 0.3 is 11.8 Å². The molecule has 1 aromatic rings. The third-order valence-corrected chi connectivity index (χ3v) is 6.98. The van der Waals surface area contributed by atoms with Gasteiger partial charge in [0.25, 0.3) is 0 Å². The Bertz CT molecular complexity index is 859. The van der Waals surface area contributed by atoms with Gasteiger partial charge in [-0.15, -0.1) is 0 Å². The van der Waals surface area contributed by atoms with Gasteiger partial charge in [-0.05, 0) is 44.7 Å². The van der Waals surface area contributed by atoms with Gasteiger partial charge in [0.2, 0.25) is 5.91 Å². The molecular weight excluding hydrogens is 436 g/mol. The predicted molar refractivity (Wildman–Crippen MR) is 128 cm³/mol. The highest BCUT2D eigenvalue weighted by Gasteiger charge is 2.31. The van der Waals surface area contributed by atoms with E-state index in [1.807, 2.05) is 13.0 Å². The summed E-state index contributed by atoms with van der Waals surface area (Å²) in [5, 5.41) is 5.82. The molecule has 3 amide bonds. The lowest BCUT2D eigenvalue weighted by molar-refractivity contribution is -0.144. The van der Waals surface area contributed by atoms with Crippen LogP contribution in [0, 0.1) is 0 Å². The van der Waals surface area contributed by atoms with Crippen molar-refractivity contribution >= 4 is 23.4 Å². The fraction of sp³-hybridized carbons (Fsp3) is 0.640. The highest BCUT2D eigenvalue weighted by Crippen LogP contribution is 2.20. The predicted octanol–water partition coefficient (Wildman–Crippen LogP) is 1.77. The number of hydrogen-bond donors (Lipinski definition) is 2. The van der Waals surface area contributed by atoms with E-state index in [1.54, 1.807) is 23.1 Å². The number of carbonyl (C=O) groups excluding carboxylic acids is 3. The maximum Gasteiger partial charge on any atom is 0.313 e. The van der Waals surface area contributed by atoms with E-state index in [-0.39, 0.29) is 18.1 Å². The van der Waals surface area contributed by atoms with Gasteiger partial charge in [-0.25, -0.2) is 0 Å². The molecule has 186 valence electrons. The first-order chi connectivity index (χ1) is 16.5. The van der Waals surface area contributed by atoms with Crippen molar-refractivity contribution < 1.29 is 23.9 Å². The number of hydrogen-bond acceptors (Lipinski definition) is 6. The van der Waals surface area contributed by atoms with Gasteiger partial charge in [0.1, 0.15) is 12.4 Å². The summed E-state index contributed by atoms with van der Waals surface area (Å²) in [6.45, 7) is 5.10. The zero-order valence-corrected chi connectivity index (χ0v) is 20.0. The van der Waals surface area contributed by atoms with Crippen LogP contribution in [0.15, 0.2) is 24.3 Å². The number of benzene rings is 1. The van der Waals surface area contributed by atoms with E-state index in [0.29, 0.717) is 50.3 Å². The maximum atomic E-state index is 12.7. The summed E-state index contributed by atoms with van der Waals surface area (Å²) < 4.78 is 11.3. The molecule has 2 N–H and O–H groups in total. The monoisotopic (exact) mass is 472 g/mol. The lowest BCUT2D eigenvalue weighted by Crippen LogP contribution is -2.56. The standard InChI is InChI=1S/C25H36N4O5/c1-18(23(30)26-19-6-2-3-7-19)28-11-13-29(14-12-28)25(32)24(31)27-20-8-4-9-21(16-20)34-17-22-10-5-15-33-22/h4,8-9,16,18-19,22H,2-3,5-7,10-15,17H2,1H3,(H,26,30)(H,27,31). The van der Waals surface area contributed by atoms with Crippen LogP contribution in [0.3, 0.4) is 0 Å². The number of nitrogens with zero attached hydrogens (tertiary/aromatic N) is 2. The molecular formula is C25H36N4O5. The molecule has 2 aliphatic heterocycles. The third kappa shape index (κ3) is 6.48. The number of carbonyl (C=O) groups is 3. The Hall–Kier alpha value is -2.65. The average Bonchev–Trinajstić information content (AvgIpc) is 3.56. The Labute approximate surface area is 201 Å². The molecule has 2 unspecified atom stereocenters. The first-order valence-electron chi connectivity index (χ1n) is 12.5. The molecule has 2 heterocycles. The molecule has 34 heavy (non-hydrogen) atoms. The molecule has 0 spiro atoms. The van der Waals surface area contributed by atoms with Gasteiger partial charge in [-0.1, -0.05) is 18.9 Å². The quantitative estimate of drug-likeness (QED) is 0.587. The van der Waals surface area contributed by atoms with Crippen LogP contribution in [-0.4, -0.2) is 85.1 Å². The molecule has 1 saturated carbocycles. The second-order valence-electron chi connectivity index (χ2n) is 9.42. The van der Waals surface area contributed by atoms with Gasteiger partial charge in [-0.3, -0.25) is 19.3 Å². The van der Waals surface area contributed by atoms with Gasteiger partial charge in [0, 0.05) is 50.6 Å². The maximum absolute atomic E-state index is 12.7. The molecule has 9 heteroatoms. The van der Waals surface area contributed by atoms with Crippen LogP contribution < -0.4 is 15.4 Å². The van der Waals surface area contributed by atoms with E-state index in [2.05, 4.69) is 15.5 Å². The van der Waals surface area contributed by atoms with Crippen LogP contribution in [0.2, 0.25) is 0 Å². The summed E-state index contributed by atoms with van der Waals surface area (Å²) in [5.41, 5.74) is 0.513. The Morgan fingerprint density at radius 3 is 2.56 bits per heavy atom. The van der Waals surface area contributed by atoms with E-state index < -0.39 is 11.8 Å². The van der Waals surface area contributed by atoms with E-state index in [1.165, 1.54) is 12.8 Å². The molecule has 2 saturated heterocycles. The minimum Gasteiger partial charge on any atom is -0.491 e. The van der Waals surface area contributed by atoms with Crippen molar-refractivity contribution in [3.63, 3.8) is 0 Å². The van der Waals surface area contributed by atoms with Gasteiger partial charge < -0.3 is 25.0 Å². The molecule has 9 nitrogen and oxygen atoms in total. The van der Waals surface area contributed by atoms with E-state index in [0.717, 1.165) is 32.3 Å².